The van der Waals surface area contributed by atoms with E-state index in [1.165, 1.54) is 13.2 Å². The van der Waals surface area contributed by atoms with E-state index in [0.717, 1.165) is 5.56 Å². The molecule has 6 nitrogen and oxygen atoms in total. The van der Waals surface area contributed by atoms with Gasteiger partial charge >= 0.3 is 12.1 Å². The molecule has 1 heterocycles. The van der Waals surface area contributed by atoms with Crippen molar-refractivity contribution in [1.29, 1.82) is 0 Å². The zero-order valence-corrected chi connectivity index (χ0v) is 18.1. The van der Waals surface area contributed by atoms with E-state index in [9.17, 15) is 18.0 Å². The maximum absolute atomic E-state index is 12.3. The van der Waals surface area contributed by atoms with Crippen LogP contribution in [0.2, 0.25) is 0 Å². The van der Waals surface area contributed by atoms with Gasteiger partial charge < -0.3 is 19.7 Å². The van der Waals surface area contributed by atoms with E-state index in [1.807, 2.05) is 4.90 Å². The van der Waals surface area contributed by atoms with Gasteiger partial charge in [0.15, 0.2) is 12.6 Å². The van der Waals surface area contributed by atoms with Crippen molar-refractivity contribution in [3.63, 3.8) is 0 Å². The number of benzene rings is 1. The van der Waals surface area contributed by atoms with Crippen LogP contribution >= 0.6 is 24.0 Å². The predicted molar refractivity (Wildman–Crippen MR) is 110 cm³/mol. The first-order valence-electron chi connectivity index (χ1n) is 8.64. The number of halogens is 4. The normalized spacial score (nSPS) is 15.6. The van der Waals surface area contributed by atoms with Crippen LogP contribution in [0.3, 0.4) is 0 Å². The quantitative estimate of drug-likeness (QED) is 0.283. The van der Waals surface area contributed by atoms with Crippen LogP contribution in [-0.4, -0.2) is 56.9 Å². The molecule has 0 aliphatic carbocycles. The zero-order valence-electron chi connectivity index (χ0n) is 15.8. The molecule has 2 rings (SSSR count). The summed E-state index contributed by atoms with van der Waals surface area (Å²) in [6.07, 6.45) is -2.99. The molecule has 0 aromatic heterocycles. The third kappa shape index (κ3) is 7.72. The van der Waals surface area contributed by atoms with Crippen LogP contribution in [0.5, 0.6) is 5.75 Å². The second-order valence-electron chi connectivity index (χ2n) is 6.24. The van der Waals surface area contributed by atoms with Gasteiger partial charge in [0.25, 0.3) is 0 Å². The van der Waals surface area contributed by atoms with Crippen molar-refractivity contribution in [3.05, 3.63) is 29.8 Å². The summed E-state index contributed by atoms with van der Waals surface area (Å²) in [5, 5.41) is 3.20. The van der Waals surface area contributed by atoms with Gasteiger partial charge in [-0.2, -0.15) is 13.2 Å². The minimum absolute atomic E-state index is 0. The van der Waals surface area contributed by atoms with Crippen molar-refractivity contribution in [2.75, 3.05) is 33.9 Å². The van der Waals surface area contributed by atoms with Gasteiger partial charge in [-0.1, -0.05) is 12.1 Å². The average molecular weight is 515 g/mol. The maximum Gasteiger partial charge on any atom is 0.422 e. The summed E-state index contributed by atoms with van der Waals surface area (Å²) in [6, 6.07) is 6.49. The first kappa shape index (κ1) is 24.3. The Morgan fingerprint density at radius 1 is 1.32 bits per heavy atom. The van der Waals surface area contributed by atoms with Crippen molar-refractivity contribution in [2.24, 2.45) is 10.9 Å². The van der Waals surface area contributed by atoms with Gasteiger partial charge in [-0.15, -0.1) is 24.0 Å². The number of rotatable bonds is 5. The van der Waals surface area contributed by atoms with E-state index in [2.05, 4.69) is 10.3 Å². The first-order valence-corrected chi connectivity index (χ1v) is 8.64. The molecule has 0 spiro atoms. The molecular formula is C18H25F3IN3O3. The number of piperidine rings is 1. The Bertz CT molecular complexity index is 663. The Balaban J connectivity index is 0.00000392. The second-order valence-corrected chi connectivity index (χ2v) is 6.24. The maximum atomic E-state index is 12.3. The van der Waals surface area contributed by atoms with E-state index in [0.29, 0.717) is 38.4 Å². The molecule has 0 unspecified atom stereocenters. The number of methoxy groups -OCH3 is 1. The Hall–Kier alpha value is -1.72. The number of likely N-dealkylation sites (tertiary alicyclic amines) is 1. The minimum Gasteiger partial charge on any atom is -0.484 e. The van der Waals surface area contributed by atoms with Crippen LogP contribution in [0, 0.1) is 5.92 Å². The van der Waals surface area contributed by atoms with E-state index in [-0.39, 0.29) is 41.6 Å². The topological polar surface area (TPSA) is 63.2 Å². The Labute approximate surface area is 179 Å². The summed E-state index contributed by atoms with van der Waals surface area (Å²) < 4.78 is 46.3. The number of carbonyl (C=O) groups excluding carboxylic acids is 1. The van der Waals surface area contributed by atoms with Gasteiger partial charge in [0.05, 0.1) is 13.0 Å². The number of nitrogens with one attached hydrogen (secondary N) is 1. The van der Waals surface area contributed by atoms with Gasteiger partial charge in [-0.05, 0) is 30.5 Å². The number of alkyl halides is 3. The first-order chi connectivity index (χ1) is 12.8. The van der Waals surface area contributed by atoms with E-state index in [4.69, 9.17) is 9.47 Å². The van der Waals surface area contributed by atoms with Gasteiger partial charge in [0.1, 0.15) is 5.75 Å². The molecule has 1 N–H and O–H groups in total. The second kappa shape index (κ2) is 11.3. The van der Waals surface area contributed by atoms with Crippen LogP contribution in [0.4, 0.5) is 13.2 Å². The molecule has 1 fully saturated rings. The molecule has 1 aromatic rings. The molecule has 1 aliphatic rings. The lowest BCUT2D eigenvalue weighted by Gasteiger charge is -2.33. The number of carbonyl (C=O) groups is 1. The Morgan fingerprint density at radius 2 is 2.00 bits per heavy atom. The number of nitrogens with zero attached hydrogens (tertiary/aromatic N) is 2. The molecule has 1 saturated heterocycles. The molecule has 0 radical (unpaired) electrons. The fourth-order valence-electron chi connectivity index (χ4n) is 2.92. The highest BCUT2D eigenvalue weighted by atomic mass is 127. The van der Waals surface area contributed by atoms with Crippen LogP contribution in [0.25, 0.3) is 0 Å². The van der Waals surface area contributed by atoms with Gasteiger partial charge in [-0.25, -0.2) is 0 Å². The lowest BCUT2D eigenvalue weighted by atomic mass is 9.97. The summed E-state index contributed by atoms with van der Waals surface area (Å²) in [6.45, 7) is 0.426. The third-order valence-corrected chi connectivity index (χ3v) is 4.29. The summed E-state index contributed by atoms with van der Waals surface area (Å²) in [5.41, 5.74) is 0.778. The third-order valence-electron chi connectivity index (χ3n) is 4.29. The highest BCUT2D eigenvalue weighted by molar-refractivity contribution is 14.0. The standard InChI is InChI=1S/C18H24F3N3O3.HI/c1-22-17(24-8-6-14(7-9-24)16(25)26-2)23-11-13-4-3-5-15(10-13)27-12-18(19,20)21;/h3-5,10,14H,6-9,11-12H2,1-2H3,(H,22,23);1H. The smallest absolute Gasteiger partial charge is 0.422 e. The van der Waals surface area contributed by atoms with Crippen molar-refractivity contribution in [1.82, 2.24) is 10.2 Å². The number of aliphatic imine (C=N–C) groups is 1. The van der Waals surface area contributed by atoms with Crippen LogP contribution < -0.4 is 10.1 Å². The summed E-state index contributed by atoms with van der Waals surface area (Å²) in [5.74, 6) is 0.570. The van der Waals surface area contributed by atoms with E-state index in [1.54, 1.807) is 25.2 Å². The molecule has 28 heavy (non-hydrogen) atoms. The lowest BCUT2D eigenvalue weighted by molar-refractivity contribution is -0.153. The molecular weight excluding hydrogens is 490 g/mol. The fraction of sp³-hybridized carbons (Fsp3) is 0.556. The average Bonchev–Trinajstić information content (AvgIpc) is 2.66. The number of ether oxygens (including phenoxy) is 2. The van der Waals surface area contributed by atoms with E-state index < -0.39 is 12.8 Å². The minimum atomic E-state index is -4.37. The number of hydrogen-bond donors (Lipinski definition) is 1. The van der Waals surface area contributed by atoms with Crippen LogP contribution in [-0.2, 0) is 16.1 Å². The largest absolute Gasteiger partial charge is 0.484 e. The monoisotopic (exact) mass is 515 g/mol. The summed E-state index contributed by atoms with van der Waals surface area (Å²) >= 11 is 0. The van der Waals surface area contributed by atoms with Crippen molar-refractivity contribution in [3.8, 4) is 5.75 Å². The van der Waals surface area contributed by atoms with Crippen molar-refractivity contribution >= 4 is 35.9 Å². The highest BCUT2D eigenvalue weighted by Crippen LogP contribution is 2.20. The van der Waals surface area contributed by atoms with Crippen LogP contribution in [0.1, 0.15) is 18.4 Å². The molecule has 10 heteroatoms. The van der Waals surface area contributed by atoms with Crippen LogP contribution in [0.15, 0.2) is 29.3 Å². The number of guanidine groups is 1. The Morgan fingerprint density at radius 3 is 2.57 bits per heavy atom. The van der Waals surface area contributed by atoms with Gasteiger partial charge in [-0.3, -0.25) is 9.79 Å². The van der Waals surface area contributed by atoms with Gasteiger partial charge in [0.2, 0.25) is 0 Å². The Kier molecular flexibility index (Phi) is 9.83. The van der Waals surface area contributed by atoms with Crippen molar-refractivity contribution < 1.29 is 27.4 Å². The molecule has 1 aromatic carbocycles. The molecule has 0 bridgehead atoms. The molecule has 1 aliphatic heterocycles. The number of hydrogen-bond acceptors (Lipinski definition) is 4. The summed E-state index contributed by atoms with van der Waals surface area (Å²) in [4.78, 5) is 17.9. The molecule has 0 atom stereocenters. The predicted octanol–water partition coefficient (Wildman–Crippen LogP) is 3.21. The molecule has 0 amide bonds. The highest BCUT2D eigenvalue weighted by Gasteiger charge is 2.28. The van der Waals surface area contributed by atoms with E-state index >= 15 is 0 Å². The molecule has 0 saturated carbocycles. The zero-order chi connectivity index (χ0) is 19.9. The molecule has 158 valence electrons. The van der Waals surface area contributed by atoms with Gasteiger partial charge in [0, 0.05) is 26.7 Å². The fourth-order valence-corrected chi connectivity index (χ4v) is 2.92. The number of esters is 1. The van der Waals surface area contributed by atoms with Crippen molar-refractivity contribution in [2.45, 2.75) is 25.6 Å². The lowest BCUT2D eigenvalue weighted by Crippen LogP contribution is -2.46. The summed E-state index contributed by atoms with van der Waals surface area (Å²) in [7, 11) is 3.05. The SMILES string of the molecule is CN=C(NCc1cccc(OCC(F)(F)F)c1)N1CCC(C(=O)OC)CC1.I.